The van der Waals surface area contributed by atoms with Crippen molar-refractivity contribution in [2.45, 2.75) is 44.4 Å². The molecular weight excluding hydrogens is 194 g/mol. The zero-order valence-corrected chi connectivity index (χ0v) is 9.74. The summed E-state index contributed by atoms with van der Waals surface area (Å²) in [5.74, 6) is 0. The zero-order chi connectivity index (χ0) is 11.9. The van der Waals surface area contributed by atoms with Gasteiger partial charge in [0.2, 0.25) is 0 Å². The first kappa shape index (κ1) is 14.8. The van der Waals surface area contributed by atoms with Crippen LogP contribution in [0.1, 0.15) is 26.7 Å². The van der Waals surface area contributed by atoms with Crippen molar-refractivity contribution in [1.29, 1.82) is 0 Å². The molecule has 92 valence electrons. The molecule has 0 radical (unpaired) electrons. The predicted octanol–water partition coefficient (Wildman–Crippen LogP) is -1.23. The largest absolute Gasteiger partial charge is 0.393 e. The molecule has 0 aliphatic heterocycles. The van der Waals surface area contributed by atoms with Crippen LogP contribution in [0.3, 0.4) is 0 Å². The van der Waals surface area contributed by atoms with Crippen LogP contribution < -0.4 is 16.8 Å². The van der Waals surface area contributed by atoms with Crippen molar-refractivity contribution in [2.75, 3.05) is 19.6 Å². The summed E-state index contributed by atoms with van der Waals surface area (Å²) in [5, 5.41) is 21.8. The van der Waals surface area contributed by atoms with Crippen molar-refractivity contribution in [3.8, 4) is 0 Å². The van der Waals surface area contributed by atoms with E-state index in [-0.39, 0.29) is 0 Å². The number of nitrogens with two attached hydrogens (primary N) is 2. The Balaban J connectivity index is 4.14. The van der Waals surface area contributed by atoms with Gasteiger partial charge in [0.25, 0.3) is 0 Å². The lowest BCUT2D eigenvalue weighted by molar-refractivity contribution is 0.103. The maximum Gasteiger partial charge on any atom is 0.0530 e. The molecule has 0 rings (SSSR count). The van der Waals surface area contributed by atoms with Gasteiger partial charge in [-0.2, -0.15) is 0 Å². The number of hydrogen-bond donors (Lipinski definition) is 5. The maximum absolute atomic E-state index is 9.34. The van der Waals surface area contributed by atoms with Crippen LogP contribution in [-0.4, -0.2) is 47.6 Å². The van der Waals surface area contributed by atoms with Crippen LogP contribution in [0.4, 0.5) is 0 Å². The molecule has 0 heterocycles. The molecular formula is C10H25N3O2. The first-order valence-corrected chi connectivity index (χ1v) is 5.45. The van der Waals surface area contributed by atoms with Crippen LogP contribution in [0.5, 0.6) is 0 Å². The van der Waals surface area contributed by atoms with Gasteiger partial charge in [0, 0.05) is 25.2 Å². The highest BCUT2D eigenvalue weighted by atomic mass is 16.3. The van der Waals surface area contributed by atoms with E-state index in [1.165, 1.54) is 0 Å². The molecule has 0 aliphatic carbocycles. The molecule has 0 spiro atoms. The standard InChI is InChI=1S/C10H25N3O2/c1-8(14)5-10(12,6-9(2)15)7-13-4-3-11/h8-9,13-15H,3-7,11-12H2,1-2H3. The average molecular weight is 219 g/mol. The molecule has 0 aromatic rings. The summed E-state index contributed by atoms with van der Waals surface area (Å²) < 4.78 is 0. The second kappa shape index (κ2) is 7.14. The Morgan fingerprint density at radius 2 is 1.67 bits per heavy atom. The van der Waals surface area contributed by atoms with Crippen molar-refractivity contribution >= 4 is 0 Å². The fraction of sp³-hybridized carbons (Fsp3) is 1.00. The summed E-state index contributed by atoms with van der Waals surface area (Å²) in [6, 6.07) is 0. The Morgan fingerprint density at radius 3 is 2.00 bits per heavy atom. The molecule has 7 N–H and O–H groups in total. The van der Waals surface area contributed by atoms with Gasteiger partial charge in [0.15, 0.2) is 0 Å². The Kier molecular flexibility index (Phi) is 7.04. The van der Waals surface area contributed by atoms with Crippen LogP contribution in [-0.2, 0) is 0 Å². The van der Waals surface area contributed by atoms with Crippen molar-refractivity contribution in [3.05, 3.63) is 0 Å². The highest BCUT2D eigenvalue weighted by Gasteiger charge is 2.27. The molecule has 5 nitrogen and oxygen atoms in total. The number of aliphatic hydroxyl groups is 2. The Labute approximate surface area is 91.8 Å². The van der Waals surface area contributed by atoms with Crippen LogP contribution in [0, 0.1) is 0 Å². The fourth-order valence-corrected chi connectivity index (χ4v) is 1.84. The van der Waals surface area contributed by atoms with Crippen molar-refractivity contribution in [3.63, 3.8) is 0 Å². The molecule has 0 aliphatic rings. The normalized spacial score (nSPS) is 19.6. The number of rotatable bonds is 8. The third-order valence-electron chi connectivity index (χ3n) is 2.20. The van der Waals surface area contributed by atoms with E-state index in [9.17, 15) is 10.2 Å². The monoisotopic (exact) mass is 219 g/mol. The van der Waals surface area contributed by atoms with Gasteiger partial charge in [-0.05, 0) is 26.7 Å². The smallest absolute Gasteiger partial charge is 0.0530 e. The lowest BCUT2D eigenvalue weighted by Gasteiger charge is -2.32. The van der Waals surface area contributed by atoms with E-state index < -0.39 is 17.7 Å². The van der Waals surface area contributed by atoms with Gasteiger partial charge in [-0.15, -0.1) is 0 Å². The SMILES string of the molecule is CC(O)CC(N)(CNCCN)CC(C)O. The van der Waals surface area contributed by atoms with Gasteiger partial charge in [-0.3, -0.25) is 0 Å². The van der Waals surface area contributed by atoms with Gasteiger partial charge >= 0.3 is 0 Å². The topological polar surface area (TPSA) is 105 Å². The summed E-state index contributed by atoms with van der Waals surface area (Å²) in [5.41, 5.74) is 10.9. The number of aliphatic hydroxyl groups excluding tert-OH is 2. The highest BCUT2D eigenvalue weighted by Crippen LogP contribution is 2.16. The van der Waals surface area contributed by atoms with Crippen LogP contribution in [0.15, 0.2) is 0 Å². The lowest BCUT2D eigenvalue weighted by Crippen LogP contribution is -2.53. The third-order valence-corrected chi connectivity index (χ3v) is 2.20. The molecule has 15 heavy (non-hydrogen) atoms. The minimum absolute atomic E-state index is 0.464. The van der Waals surface area contributed by atoms with Crippen LogP contribution in [0.2, 0.25) is 0 Å². The van der Waals surface area contributed by atoms with E-state index in [0.29, 0.717) is 32.5 Å². The molecule has 2 unspecified atom stereocenters. The first-order chi connectivity index (χ1) is 6.89. The van der Waals surface area contributed by atoms with Crippen LogP contribution in [0.25, 0.3) is 0 Å². The summed E-state index contributed by atoms with van der Waals surface area (Å²) in [6.45, 7) is 5.21. The van der Waals surface area contributed by atoms with E-state index in [1.807, 2.05) is 0 Å². The van der Waals surface area contributed by atoms with Gasteiger partial charge in [0.05, 0.1) is 12.2 Å². The van der Waals surface area contributed by atoms with E-state index in [1.54, 1.807) is 13.8 Å². The highest BCUT2D eigenvalue weighted by molar-refractivity contribution is 4.89. The molecule has 0 aromatic carbocycles. The van der Waals surface area contributed by atoms with Crippen molar-refractivity contribution in [2.24, 2.45) is 11.5 Å². The second-order valence-corrected chi connectivity index (χ2v) is 4.43. The second-order valence-electron chi connectivity index (χ2n) is 4.43. The van der Waals surface area contributed by atoms with E-state index in [2.05, 4.69) is 5.32 Å². The summed E-state index contributed by atoms with van der Waals surface area (Å²) >= 11 is 0. The first-order valence-electron chi connectivity index (χ1n) is 5.45. The minimum atomic E-state index is -0.572. The molecule has 0 saturated heterocycles. The minimum Gasteiger partial charge on any atom is -0.393 e. The Morgan fingerprint density at radius 1 is 1.20 bits per heavy atom. The summed E-state index contributed by atoms with van der Waals surface area (Å²) in [4.78, 5) is 0. The molecule has 0 saturated carbocycles. The molecule has 0 fully saturated rings. The number of hydrogen-bond acceptors (Lipinski definition) is 5. The Bertz CT molecular complexity index is 153. The molecule has 0 aromatic heterocycles. The van der Waals surface area contributed by atoms with Gasteiger partial charge in [-0.1, -0.05) is 0 Å². The molecule has 5 heteroatoms. The summed E-state index contributed by atoms with van der Waals surface area (Å²) in [7, 11) is 0. The van der Waals surface area contributed by atoms with Gasteiger partial charge < -0.3 is 27.0 Å². The Hall–Kier alpha value is -0.200. The van der Waals surface area contributed by atoms with Crippen LogP contribution >= 0.6 is 0 Å². The average Bonchev–Trinajstić information content (AvgIpc) is 2.00. The predicted molar refractivity (Wildman–Crippen MR) is 61.4 cm³/mol. The zero-order valence-electron chi connectivity index (χ0n) is 9.74. The molecule has 0 bridgehead atoms. The van der Waals surface area contributed by atoms with Crippen molar-refractivity contribution < 1.29 is 10.2 Å². The fourth-order valence-electron chi connectivity index (χ4n) is 1.84. The van der Waals surface area contributed by atoms with E-state index >= 15 is 0 Å². The third kappa shape index (κ3) is 7.70. The molecule has 2 atom stereocenters. The molecule has 0 amide bonds. The summed E-state index contributed by atoms with van der Waals surface area (Å²) in [6.07, 6.45) is 0.00662. The maximum atomic E-state index is 9.34. The van der Waals surface area contributed by atoms with Crippen molar-refractivity contribution in [1.82, 2.24) is 5.32 Å². The van der Waals surface area contributed by atoms with E-state index in [0.717, 1.165) is 0 Å². The quantitative estimate of drug-likeness (QED) is 0.329. The van der Waals surface area contributed by atoms with E-state index in [4.69, 9.17) is 11.5 Å². The van der Waals surface area contributed by atoms with Gasteiger partial charge in [0.1, 0.15) is 0 Å². The van der Waals surface area contributed by atoms with Gasteiger partial charge in [-0.25, -0.2) is 0 Å². The lowest BCUT2D eigenvalue weighted by atomic mass is 9.87. The number of nitrogens with one attached hydrogen (secondary N) is 1.